The number of aromatic nitrogens is 2. The zero-order valence-electron chi connectivity index (χ0n) is 14.9. The zero-order valence-corrected chi connectivity index (χ0v) is 14.9. The molecule has 3 heterocycles. The van der Waals surface area contributed by atoms with Crippen molar-refractivity contribution >= 4 is 5.91 Å². The number of carbonyl (C=O) groups is 1. The van der Waals surface area contributed by atoms with Crippen LogP contribution in [0.3, 0.4) is 0 Å². The average Bonchev–Trinajstić information content (AvgIpc) is 3.05. The lowest BCUT2D eigenvalue weighted by molar-refractivity contribution is -0.123. The highest BCUT2D eigenvalue weighted by Gasteiger charge is 2.36. The molecule has 6 heteroatoms. The summed E-state index contributed by atoms with van der Waals surface area (Å²) in [5, 5.41) is 11.0. The number of furan rings is 1. The lowest BCUT2D eigenvalue weighted by Crippen LogP contribution is -2.48. The zero-order chi connectivity index (χ0) is 17.4. The summed E-state index contributed by atoms with van der Waals surface area (Å²) in [6.45, 7) is 5.83. The number of hydrogen-bond acceptors (Lipinski definition) is 4. The fourth-order valence-electron chi connectivity index (χ4n) is 3.69. The predicted octanol–water partition coefficient (Wildman–Crippen LogP) is 2.73. The Morgan fingerprint density at radius 3 is 3.00 bits per heavy atom. The number of hydrogen-bond donors (Lipinski definition) is 2. The lowest BCUT2D eigenvalue weighted by Gasteiger charge is -2.32. The number of nitrogens with one attached hydrogen (secondary N) is 2. The molecule has 0 aromatic carbocycles. The molecular formula is C19H26N4O2. The van der Waals surface area contributed by atoms with Crippen LogP contribution in [0.4, 0.5) is 0 Å². The van der Waals surface area contributed by atoms with Gasteiger partial charge in [-0.3, -0.25) is 9.48 Å². The molecule has 134 valence electrons. The highest BCUT2D eigenvalue weighted by molar-refractivity contribution is 5.77. The Morgan fingerprint density at radius 2 is 2.28 bits per heavy atom. The van der Waals surface area contributed by atoms with Gasteiger partial charge in [0.15, 0.2) is 0 Å². The van der Waals surface area contributed by atoms with Crippen molar-refractivity contribution in [1.29, 1.82) is 0 Å². The van der Waals surface area contributed by atoms with Gasteiger partial charge in [-0.25, -0.2) is 0 Å². The summed E-state index contributed by atoms with van der Waals surface area (Å²) >= 11 is 0. The Balaban J connectivity index is 1.42. The van der Waals surface area contributed by atoms with E-state index >= 15 is 0 Å². The third-order valence-corrected chi connectivity index (χ3v) is 5.43. The van der Waals surface area contributed by atoms with Crippen LogP contribution in [0.15, 0.2) is 28.9 Å². The van der Waals surface area contributed by atoms with Crippen molar-refractivity contribution in [3.05, 3.63) is 41.6 Å². The monoisotopic (exact) mass is 342 g/mol. The van der Waals surface area contributed by atoms with Gasteiger partial charge in [-0.1, -0.05) is 6.92 Å². The summed E-state index contributed by atoms with van der Waals surface area (Å²) in [4.78, 5) is 11.9. The minimum atomic E-state index is -0.0422. The summed E-state index contributed by atoms with van der Waals surface area (Å²) in [6, 6.07) is 4.32. The SMILES string of the molecule is CCn1cc([C@@H]2NC(=O)CC[C@H]2NCc2ccc([C@H]3C[C@H]3C)o2)cn1. The van der Waals surface area contributed by atoms with Gasteiger partial charge in [0.25, 0.3) is 0 Å². The Kier molecular flexibility index (Phi) is 4.37. The number of carbonyl (C=O) groups excluding carboxylic acids is 1. The first-order valence-corrected chi connectivity index (χ1v) is 9.27. The fraction of sp³-hybridized carbons (Fsp3) is 0.579. The average molecular weight is 342 g/mol. The number of rotatable bonds is 6. The Labute approximate surface area is 148 Å². The second kappa shape index (κ2) is 6.67. The van der Waals surface area contributed by atoms with Crippen LogP contribution in [-0.4, -0.2) is 21.7 Å². The molecule has 1 saturated carbocycles. The summed E-state index contributed by atoms with van der Waals surface area (Å²) in [5.41, 5.74) is 1.05. The van der Waals surface area contributed by atoms with E-state index < -0.39 is 0 Å². The van der Waals surface area contributed by atoms with Crippen molar-refractivity contribution in [3.63, 3.8) is 0 Å². The molecular weight excluding hydrogens is 316 g/mol. The Hall–Kier alpha value is -2.08. The van der Waals surface area contributed by atoms with Gasteiger partial charge in [0, 0.05) is 36.7 Å². The molecule has 2 fully saturated rings. The van der Waals surface area contributed by atoms with Crippen LogP contribution in [0.25, 0.3) is 0 Å². The van der Waals surface area contributed by atoms with Crippen LogP contribution in [0.1, 0.15) is 62.2 Å². The van der Waals surface area contributed by atoms with Crippen molar-refractivity contribution in [1.82, 2.24) is 20.4 Å². The maximum atomic E-state index is 11.9. The van der Waals surface area contributed by atoms with Crippen LogP contribution < -0.4 is 10.6 Å². The van der Waals surface area contributed by atoms with Crippen LogP contribution in [0.2, 0.25) is 0 Å². The maximum Gasteiger partial charge on any atom is 0.220 e. The molecule has 1 saturated heterocycles. The summed E-state index contributed by atoms with van der Waals surface area (Å²) in [6.07, 6.45) is 6.48. The summed E-state index contributed by atoms with van der Waals surface area (Å²) in [5.74, 6) is 3.54. The van der Waals surface area contributed by atoms with Crippen LogP contribution in [0, 0.1) is 5.92 Å². The number of piperidine rings is 1. The first-order chi connectivity index (χ1) is 12.1. The molecule has 25 heavy (non-hydrogen) atoms. The standard InChI is InChI=1S/C19H26N4O2/c1-3-23-11-13(9-21-23)19-16(5-7-18(24)22-19)20-10-14-4-6-17(25-14)15-8-12(15)2/h4,6,9,11-12,15-16,19-20H,3,5,7-8,10H2,1-2H3,(H,22,24)/t12-,15+,16-,19+/m1/s1. The molecule has 0 spiro atoms. The van der Waals surface area contributed by atoms with E-state index in [0.717, 1.165) is 36.0 Å². The van der Waals surface area contributed by atoms with Gasteiger partial charge >= 0.3 is 0 Å². The van der Waals surface area contributed by atoms with Gasteiger partial charge < -0.3 is 15.1 Å². The number of nitrogens with zero attached hydrogens (tertiary/aromatic N) is 2. The van der Waals surface area contributed by atoms with E-state index in [1.54, 1.807) is 0 Å². The Morgan fingerprint density at radius 1 is 1.44 bits per heavy atom. The molecule has 0 bridgehead atoms. The van der Waals surface area contributed by atoms with E-state index in [2.05, 4.69) is 41.7 Å². The molecule has 6 nitrogen and oxygen atoms in total. The topological polar surface area (TPSA) is 72.1 Å². The van der Waals surface area contributed by atoms with E-state index in [4.69, 9.17) is 4.42 Å². The van der Waals surface area contributed by atoms with Gasteiger partial charge in [-0.05, 0) is 37.8 Å². The molecule has 4 atom stereocenters. The van der Waals surface area contributed by atoms with Gasteiger partial charge in [0.05, 0.1) is 18.8 Å². The third kappa shape index (κ3) is 3.49. The lowest BCUT2D eigenvalue weighted by atomic mass is 9.93. The molecule has 2 aliphatic rings. The van der Waals surface area contributed by atoms with Crippen molar-refractivity contribution in [2.75, 3.05) is 0 Å². The van der Waals surface area contributed by atoms with E-state index in [9.17, 15) is 4.79 Å². The second-order valence-electron chi connectivity index (χ2n) is 7.32. The third-order valence-electron chi connectivity index (χ3n) is 5.43. The van der Waals surface area contributed by atoms with Crippen molar-refractivity contribution in [2.24, 2.45) is 5.92 Å². The highest BCUT2D eigenvalue weighted by atomic mass is 16.3. The highest BCUT2D eigenvalue weighted by Crippen LogP contribution is 2.47. The van der Waals surface area contributed by atoms with Gasteiger partial charge in [0.1, 0.15) is 11.5 Å². The number of amides is 1. The second-order valence-corrected chi connectivity index (χ2v) is 7.32. The van der Waals surface area contributed by atoms with Gasteiger partial charge in [-0.15, -0.1) is 0 Å². The van der Waals surface area contributed by atoms with Gasteiger partial charge in [-0.2, -0.15) is 5.10 Å². The molecule has 2 aromatic heterocycles. The van der Waals surface area contributed by atoms with E-state index in [-0.39, 0.29) is 18.0 Å². The van der Waals surface area contributed by atoms with E-state index in [0.29, 0.717) is 18.9 Å². The van der Waals surface area contributed by atoms with E-state index in [1.165, 1.54) is 6.42 Å². The largest absolute Gasteiger partial charge is 0.464 e. The van der Waals surface area contributed by atoms with Crippen molar-refractivity contribution < 1.29 is 9.21 Å². The normalized spacial score (nSPS) is 28.8. The predicted molar refractivity (Wildman–Crippen MR) is 93.9 cm³/mol. The van der Waals surface area contributed by atoms with Crippen molar-refractivity contribution in [3.8, 4) is 0 Å². The van der Waals surface area contributed by atoms with Crippen LogP contribution >= 0.6 is 0 Å². The molecule has 4 rings (SSSR count). The molecule has 2 N–H and O–H groups in total. The van der Waals surface area contributed by atoms with Crippen LogP contribution in [-0.2, 0) is 17.9 Å². The Bertz CT molecular complexity index is 750. The smallest absolute Gasteiger partial charge is 0.220 e. The van der Waals surface area contributed by atoms with Crippen LogP contribution in [0.5, 0.6) is 0 Å². The molecule has 2 aromatic rings. The first kappa shape index (κ1) is 16.4. The van der Waals surface area contributed by atoms with Crippen molar-refractivity contribution in [2.45, 2.75) is 64.2 Å². The maximum absolute atomic E-state index is 11.9. The quantitative estimate of drug-likeness (QED) is 0.847. The first-order valence-electron chi connectivity index (χ1n) is 9.27. The number of aryl methyl sites for hydroxylation is 1. The molecule has 0 radical (unpaired) electrons. The molecule has 1 amide bonds. The van der Waals surface area contributed by atoms with E-state index in [1.807, 2.05) is 17.1 Å². The summed E-state index contributed by atoms with van der Waals surface area (Å²) < 4.78 is 7.88. The molecule has 1 aliphatic carbocycles. The fourth-order valence-corrected chi connectivity index (χ4v) is 3.69. The molecule has 0 unspecified atom stereocenters. The molecule has 1 aliphatic heterocycles. The minimum absolute atomic E-state index is 0.0422. The van der Waals surface area contributed by atoms with Gasteiger partial charge in [0.2, 0.25) is 5.91 Å². The summed E-state index contributed by atoms with van der Waals surface area (Å²) in [7, 11) is 0. The minimum Gasteiger partial charge on any atom is -0.464 e.